The van der Waals surface area contributed by atoms with Crippen LogP contribution in [0.15, 0.2) is 36.4 Å². The summed E-state index contributed by atoms with van der Waals surface area (Å²) >= 11 is 11.9. The Morgan fingerprint density at radius 2 is 1.68 bits per heavy atom. The molecule has 2 rings (SSSR count). The molecule has 0 saturated carbocycles. The first kappa shape index (κ1) is 13.7. The fourth-order valence-corrected chi connectivity index (χ4v) is 2.23. The average Bonchev–Trinajstić information content (AvgIpc) is 2.35. The third-order valence-corrected chi connectivity index (χ3v) is 3.37. The summed E-state index contributed by atoms with van der Waals surface area (Å²) < 4.78 is 0. The van der Waals surface area contributed by atoms with Gasteiger partial charge in [0.15, 0.2) is 0 Å². The molecule has 0 aliphatic carbocycles. The summed E-state index contributed by atoms with van der Waals surface area (Å²) in [5, 5.41) is 12.8. The van der Waals surface area contributed by atoms with Gasteiger partial charge >= 0.3 is 0 Å². The molecule has 3 nitrogen and oxygen atoms in total. The molecule has 0 fully saturated rings. The molecule has 1 amide bonds. The quantitative estimate of drug-likeness (QED) is 0.870. The minimum Gasteiger partial charge on any atom is -0.508 e. The van der Waals surface area contributed by atoms with Gasteiger partial charge < -0.3 is 10.4 Å². The van der Waals surface area contributed by atoms with Crippen molar-refractivity contribution in [1.82, 2.24) is 0 Å². The molecule has 2 N–H and O–H groups in total. The summed E-state index contributed by atoms with van der Waals surface area (Å²) in [6.45, 7) is 1.71. The zero-order chi connectivity index (χ0) is 14.0. The number of benzene rings is 2. The van der Waals surface area contributed by atoms with Crippen LogP contribution in [0, 0.1) is 6.92 Å². The number of phenols is 1. The maximum atomic E-state index is 12.2. The molecule has 0 heterocycles. The molecule has 0 aliphatic rings. The van der Waals surface area contributed by atoms with Crippen molar-refractivity contribution in [2.45, 2.75) is 6.92 Å². The summed E-state index contributed by atoms with van der Waals surface area (Å²) in [4.78, 5) is 12.2. The van der Waals surface area contributed by atoms with E-state index in [4.69, 9.17) is 23.2 Å². The van der Waals surface area contributed by atoms with Gasteiger partial charge in [0.25, 0.3) is 5.91 Å². The molecular weight excluding hydrogens is 285 g/mol. The van der Waals surface area contributed by atoms with Crippen molar-refractivity contribution in [3.05, 3.63) is 57.6 Å². The molecule has 2 aromatic carbocycles. The molecule has 0 aliphatic heterocycles. The number of phenolic OH excluding ortho intramolecular Hbond substituents is 1. The van der Waals surface area contributed by atoms with E-state index < -0.39 is 5.91 Å². The molecule has 0 unspecified atom stereocenters. The van der Waals surface area contributed by atoms with Gasteiger partial charge in [-0.3, -0.25) is 4.79 Å². The Balaban J connectivity index is 2.34. The highest BCUT2D eigenvalue weighted by Gasteiger charge is 2.15. The second-order valence-corrected chi connectivity index (χ2v) is 4.81. The highest BCUT2D eigenvalue weighted by molar-refractivity contribution is 6.40. The summed E-state index contributed by atoms with van der Waals surface area (Å²) in [7, 11) is 0. The molecule has 0 bridgehead atoms. The fourth-order valence-electron chi connectivity index (χ4n) is 1.66. The van der Waals surface area contributed by atoms with Gasteiger partial charge in [0.2, 0.25) is 0 Å². The fraction of sp³-hybridized carbons (Fsp3) is 0.0714. The highest BCUT2D eigenvalue weighted by Crippen LogP contribution is 2.28. The summed E-state index contributed by atoms with van der Waals surface area (Å²) in [5.41, 5.74) is 1.31. The van der Waals surface area contributed by atoms with Crippen LogP contribution in [-0.2, 0) is 0 Å². The predicted octanol–water partition coefficient (Wildman–Crippen LogP) is 4.26. The number of anilines is 1. The maximum Gasteiger partial charge on any atom is 0.258 e. The van der Waals surface area contributed by atoms with Crippen molar-refractivity contribution in [2.24, 2.45) is 0 Å². The Bertz CT molecular complexity index is 621. The molecule has 0 radical (unpaired) electrons. The van der Waals surface area contributed by atoms with Gasteiger partial charge in [-0.2, -0.15) is 0 Å². The first-order valence-corrected chi connectivity index (χ1v) is 6.30. The van der Waals surface area contributed by atoms with E-state index >= 15 is 0 Å². The molecule has 5 heteroatoms. The second kappa shape index (κ2) is 5.51. The van der Waals surface area contributed by atoms with Crippen molar-refractivity contribution >= 4 is 34.8 Å². The largest absolute Gasteiger partial charge is 0.508 e. The number of hydrogen-bond acceptors (Lipinski definition) is 2. The van der Waals surface area contributed by atoms with Crippen molar-refractivity contribution in [2.75, 3.05) is 5.32 Å². The van der Waals surface area contributed by atoms with Crippen LogP contribution in [-0.4, -0.2) is 11.0 Å². The van der Waals surface area contributed by atoms with Crippen LogP contribution in [0.25, 0.3) is 0 Å². The second-order valence-electron chi connectivity index (χ2n) is 4.00. The highest BCUT2D eigenvalue weighted by atomic mass is 35.5. The first-order chi connectivity index (χ1) is 9.00. The zero-order valence-electron chi connectivity index (χ0n) is 10.1. The Morgan fingerprint density at radius 3 is 2.32 bits per heavy atom. The Morgan fingerprint density at radius 1 is 1.11 bits per heavy atom. The van der Waals surface area contributed by atoms with Crippen LogP contribution in [0.1, 0.15) is 15.9 Å². The van der Waals surface area contributed by atoms with Gasteiger partial charge in [-0.25, -0.2) is 0 Å². The van der Waals surface area contributed by atoms with Gasteiger partial charge in [0, 0.05) is 11.3 Å². The van der Waals surface area contributed by atoms with E-state index in [0.717, 1.165) is 0 Å². The lowest BCUT2D eigenvalue weighted by molar-refractivity contribution is 0.102. The van der Waals surface area contributed by atoms with E-state index in [1.807, 2.05) is 0 Å². The van der Waals surface area contributed by atoms with Crippen LogP contribution < -0.4 is 5.32 Å². The number of halogens is 2. The number of nitrogens with one attached hydrogen (secondary N) is 1. The predicted molar refractivity (Wildman–Crippen MR) is 77.3 cm³/mol. The summed E-state index contributed by atoms with van der Waals surface area (Å²) in [6.07, 6.45) is 0. The lowest BCUT2D eigenvalue weighted by Crippen LogP contribution is -2.13. The van der Waals surface area contributed by atoms with Crippen LogP contribution in [0.4, 0.5) is 5.69 Å². The molecular formula is C14H11Cl2NO2. The van der Waals surface area contributed by atoms with Gasteiger partial charge in [-0.05, 0) is 31.2 Å². The SMILES string of the molecule is Cc1c(O)cccc1NC(=O)c1c(Cl)cccc1Cl. The van der Waals surface area contributed by atoms with E-state index in [0.29, 0.717) is 11.3 Å². The Labute approximate surface area is 120 Å². The number of hydrogen-bond donors (Lipinski definition) is 2. The van der Waals surface area contributed by atoms with E-state index in [2.05, 4.69) is 5.32 Å². The van der Waals surface area contributed by atoms with E-state index in [9.17, 15) is 9.90 Å². The van der Waals surface area contributed by atoms with Gasteiger partial charge in [-0.1, -0.05) is 35.3 Å². The van der Waals surface area contributed by atoms with Crippen molar-refractivity contribution < 1.29 is 9.90 Å². The van der Waals surface area contributed by atoms with Crippen LogP contribution in [0.3, 0.4) is 0 Å². The average molecular weight is 296 g/mol. The van der Waals surface area contributed by atoms with Gasteiger partial charge in [-0.15, -0.1) is 0 Å². The minimum absolute atomic E-state index is 0.114. The molecule has 0 aromatic heterocycles. The summed E-state index contributed by atoms with van der Waals surface area (Å²) in [5.74, 6) is -0.299. The number of aromatic hydroxyl groups is 1. The molecule has 0 saturated heterocycles. The van der Waals surface area contributed by atoms with Crippen molar-refractivity contribution in [3.8, 4) is 5.75 Å². The van der Waals surface area contributed by atoms with Crippen molar-refractivity contribution in [3.63, 3.8) is 0 Å². The third-order valence-electron chi connectivity index (χ3n) is 2.74. The smallest absolute Gasteiger partial charge is 0.258 e. The number of carbonyl (C=O) groups is 1. The van der Waals surface area contributed by atoms with Crippen LogP contribution in [0.5, 0.6) is 5.75 Å². The van der Waals surface area contributed by atoms with E-state index in [1.54, 1.807) is 43.3 Å². The maximum absolute atomic E-state index is 12.2. The standard InChI is InChI=1S/C14H11Cl2NO2/c1-8-11(6-3-7-12(8)18)17-14(19)13-9(15)4-2-5-10(13)16/h2-7,18H,1H3,(H,17,19). The number of carbonyl (C=O) groups excluding carboxylic acids is 1. The number of amides is 1. The van der Waals surface area contributed by atoms with Crippen LogP contribution >= 0.6 is 23.2 Å². The lowest BCUT2D eigenvalue weighted by atomic mass is 10.1. The zero-order valence-corrected chi connectivity index (χ0v) is 11.6. The normalized spacial score (nSPS) is 10.3. The molecule has 19 heavy (non-hydrogen) atoms. The Kier molecular flexibility index (Phi) is 3.98. The van der Waals surface area contributed by atoms with Gasteiger partial charge in [0.05, 0.1) is 15.6 Å². The summed E-state index contributed by atoms with van der Waals surface area (Å²) in [6, 6.07) is 9.74. The Hall–Kier alpha value is -1.71. The minimum atomic E-state index is -0.413. The molecule has 2 aromatic rings. The molecule has 0 spiro atoms. The lowest BCUT2D eigenvalue weighted by Gasteiger charge is -2.11. The monoisotopic (exact) mass is 295 g/mol. The van der Waals surface area contributed by atoms with Crippen LogP contribution in [0.2, 0.25) is 10.0 Å². The van der Waals surface area contributed by atoms with Crippen molar-refractivity contribution in [1.29, 1.82) is 0 Å². The first-order valence-electron chi connectivity index (χ1n) is 5.54. The molecule has 98 valence electrons. The topological polar surface area (TPSA) is 49.3 Å². The molecule has 0 atom stereocenters. The number of rotatable bonds is 2. The van der Waals surface area contributed by atoms with E-state index in [-0.39, 0.29) is 21.4 Å². The van der Waals surface area contributed by atoms with Gasteiger partial charge in [0.1, 0.15) is 5.75 Å². The van der Waals surface area contributed by atoms with E-state index in [1.165, 1.54) is 0 Å². The third kappa shape index (κ3) is 2.83.